The largest absolute Gasteiger partial charge is 0.228 e. The third kappa shape index (κ3) is 5.93. The van der Waals surface area contributed by atoms with Crippen LogP contribution in [0.25, 0.3) is 78.4 Å². The van der Waals surface area contributed by atoms with E-state index in [1.54, 1.807) is 0 Å². The lowest BCUT2D eigenvalue weighted by Gasteiger charge is -2.54. The van der Waals surface area contributed by atoms with Gasteiger partial charge in [-0.2, -0.15) is 0 Å². The second-order valence-electron chi connectivity index (χ2n) is 18.1. The van der Waals surface area contributed by atoms with Crippen molar-refractivity contribution in [2.45, 2.75) is 24.7 Å². The quantitative estimate of drug-likeness (QED) is 0.167. The Morgan fingerprint density at radius 1 is 0.344 bits per heavy atom. The van der Waals surface area contributed by atoms with Gasteiger partial charge in [0.1, 0.15) is 0 Å². The van der Waals surface area contributed by atoms with Gasteiger partial charge in [0, 0.05) is 22.6 Å². The van der Waals surface area contributed by atoms with E-state index in [0.717, 1.165) is 33.9 Å². The summed E-state index contributed by atoms with van der Waals surface area (Å²) in [6.07, 6.45) is 9.50. The molecule has 0 saturated heterocycles. The topological polar surface area (TPSA) is 25.8 Å². The predicted octanol–water partition coefficient (Wildman–Crippen LogP) is 15.4. The number of hydrogen-bond acceptors (Lipinski definition) is 2. The van der Waals surface area contributed by atoms with Crippen LogP contribution in [0.3, 0.4) is 0 Å². The molecule has 0 saturated carbocycles. The number of aromatic nitrogens is 2. The normalized spacial score (nSPS) is 18.5. The van der Waals surface area contributed by atoms with E-state index in [1.165, 1.54) is 66.8 Å². The number of fused-ring (bicyclic) bond motifs is 9. The van der Waals surface area contributed by atoms with Crippen molar-refractivity contribution in [3.05, 3.63) is 253 Å². The highest BCUT2D eigenvalue weighted by Crippen LogP contribution is 2.66. The van der Waals surface area contributed by atoms with E-state index in [0.29, 0.717) is 0 Å². The van der Waals surface area contributed by atoms with Crippen molar-refractivity contribution in [3.8, 4) is 78.4 Å². The molecule has 0 aliphatic heterocycles. The Bertz CT molecular complexity index is 3230. The zero-order chi connectivity index (χ0) is 42.8. The van der Waals surface area contributed by atoms with E-state index in [2.05, 4.69) is 244 Å². The molecule has 3 aliphatic carbocycles. The van der Waals surface area contributed by atoms with Crippen molar-refractivity contribution in [2.75, 3.05) is 0 Å². The van der Waals surface area contributed by atoms with Crippen molar-refractivity contribution >= 4 is 0 Å². The first-order valence-electron chi connectivity index (χ1n) is 22.5. The predicted molar refractivity (Wildman–Crippen MR) is 265 cm³/mol. The average Bonchev–Trinajstić information content (AvgIpc) is 3.67. The van der Waals surface area contributed by atoms with E-state index in [9.17, 15) is 0 Å². The van der Waals surface area contributed by atoms with Gasteiger partial charge in [-0.3, -0.25) is 0 Å². The highest BCUT2D eigenvalue weighted by atomic mass is 14.9. The molecule has 12 rings (SSSR count). The Balaban J connectivity index is 1.09. The summed E-state index contributed by atoms with van der Waals surface area (Å²) in [5.74, 6) is 1.19. The van der Waals surface area contributed by atoms with Crippen LogP contribution in [-0.2, 0) is 10.8 Å². The lowest BCUT2D eigenvalue weighted by molar-refractivity contribution is 0.219. The Kier molecular flexibility index (Phi) is 8.91. The van der Waals surface area contributed by atoms with Crippen LogP contribution in [0.5, 0.6) is 0 Å². The van der Waals surface area contributed by atoms with E-state index in [1.807, 2.05) is 0 Å². The molecular formula is C62H46N2. The molecular weight excluding hydrogens is 773 g/mol. The molecule has 0 radical (unpaired) electrons. The maximum atomic E-state index is 5.45. The van der Waals surface area contributed by atoms with Crippen LogP contribution in [-0.4, -0.2) is 9.97 Å². The molecule has 3 unspecified atom stereocenters. The summed E-state index contributed by atoms with van der Waals surface area (Å²) in [7, 11) is 0. The van der Waals surface area contributed by atoms with Gasteiger partial charge in [0.25, 0.3) is 0 Å². The lowest BCUT2D eigenvalue weighted by Crippen LogP contribution is -2.51. The van der Waals surface area contributed by atoms with E-state index >= 15 is 0 Å². The average molecular weight is 819 g/mol. The Hall–Kier alpha value is -7.68. The van der Waals surface area contributed by atoms with Crippen molar-refractivity contribution in [3.63, 3.8) is 0 Å². The Labute approximate surface area is 376 Å². The minimum atomic E-state index is -0.446. The number of hydrogen-bond donors (Lipinski definition) is 0. The van der Waals surface area contributed by atoms with Crippen molar-refractivity contribution in [1.82, 2.24) is 9.97 Å². The molecule has 3 aliphatic rings. The molecule has 9 aromatic rings. The highest BCUT2D eigenvalue weighted by molar-refractivity contribution is 5.96. The zero-order valence-corrected chi connectivity index (χ0v) is 36.0. The van der Waals surface area contributed by atoms with Crippen molar-refractivity contribution in [2.24, 2.45) is 11.8 Å². The molecule has 1 aromatic heterocycles. The van der Waals surface area contributed by atoms with Crippen LogP contribution >= 0.6 is 0 Å². The van der Waals surface area contributed by atoms with Crippen molar-refractivity contribution in [1.29, 1.82) is 0 Å². The van der Waals surface area contributed by atoms with Crippen LogP contribution in [0.4, 0.5) is 0 Å². The van der Waals surface area contributed by atoms with Gasteiger partial charge in [0.15, 0.2) is 5.82 Å². The zero-order valence-electron chi connectivity index (χ0n) is 36.0. The van der Waals surface area contributed by atoms with E-state index < -0.39 is 5.41 Å². The van der Waals surface area contributed by atoms with Gasteiger partial charge in [-0.1, -0.05) is 226 Å². The molecule has 2 nitrogen and oxygen atoms in total. The van der Waals surface area contributed by atoms with Gasteiger partial charge in [-0.05, 0) is 96.3 Å². The fraction of sp³-hybridized carbons (Fsp3) is 0.0968. The Morgan fingerprint density at radius 3 is 1.47 bits per heavy atom. The van der Waals surface area contributed by atoms with Crippen molar-refractivity contribution < 1.29 is 0 Å². The molecule has 1 spiro atoms. The van der Waals surface area contributed by atoms with Gasteiger partial charge >= 0.3 is 0 Å². The van der Waals surface area contributed by atoms with E-state index in [-0.39, 0.29) is 17.3 Å². The lowest BCUT2D eigenvalue weighted by atomic mass is 9.48. The summed E-state index contributed by atoms with van der Waals surface area (Å²) in [6, 6.07) is 75.1. The third-order valence-electron chi connectivity index (χ3n) is 14.3. The van der Waals surface area contributed by atoms with Gasteiger partial charge in [-0.15, -0.1) is 0 Å². The number of nitrogens with zero attached hydrogens (tertiary/aromatic N) is 2. The number of allylic oxidation sites excluding steroid dienone is 4. The molecule has 8 aromatic carbocycles. The van der Waals surface area contributed by atoms with Gasteiger partial charge in [-0.25, -0.2) is 9.97 Å². The first-order chi connectivity index (χ1) is 31.5. The van der Waals surface area contributed by atoms with Crippen LogP contribution < -0.4 is 0 Å². The molecule has 2 heteroatoms. The molecule has 3 atom stereocenters. The molecule has 304 valence electrons. The smallest absolute Gasteiger partial charge is 0.161 e. The van der Waals surface area contributed by atoms with Gasteiger partial charge < -0.3 is 0 Å². The van der Waals surface area contributed by atoms with Gasteiger partial charge in [0.2, 0.25) is 0 Å². The third-order valence-corrected chi connectivity index (χ3v) is 14.3. The minimum absolute atomic E-state index is 0.0777. The molecule has 1 heterocycles. The van der Waals surface area contributed by atoms with Crippen LogP contribution in [0, 0.1) is 11.8 Å². The van der Waals surface area contributed by atoms with Crippen LogP contribution in [0.15, 0.2) is 231 Å². The SMILES string of the molecule is CC1(C)c2ccccc2C2(c3ccc(-c4cccc(-c5ccc(-c6ccccc6)cc5)c4)cc3-c3c(-c4nc(-c5ccccc5)cc(-c5ccccc5)n4)cccc32)C2C=CC=CC21. The summed E-state index contributed by atoms with van der Waals surface area (Å²) in [5.41, 5.74) is 19.6. The fourth-order valence-corrected chi connectivity index (χ4v) is 11.3. The molecule has 64 heavy (non-hydrogen) atoms. The summed E-state index contributed by atoms with van der Waals surface area (Å²) in [4.78, 5) is 10.9. The summed E-state index contributed by atoms with van der Waals surface area (Å²) < 4.78 is 0. The maximum Gasteiger partial charge on any atom is 0.161 e. The molecule has 0 amide bonds. The van der Waals surface area contributed by atoms with Gasteiger partial charge in [0.05, 0.1) is 16.8 Å². The number of benzene rings is 8. The fourth-order valence-electron chi connectivity index (χ4n) is 11.3. The second kappa shape index (κ2) is 15.0. The second-order valence-corrected chi connectivity index (χ2v) is 18.1. The van der Waals surface area contributed by atoms with Crippen LogP contribution in [0.2, 0.25) is 0 Å². The summed E-state index contributed by atoms with van der Waals surface area (Å²) >= 11 is 0. The molecule has 0 fully saturated rings. The standard InChI is InChI=1S/C62H46N2/c1-61(2)52-27-12-14-29-54(52)62(55-30-15-13-28-53(55)61)51-37-36-48(47-25-16-24-46(38-47)43-34-32-42(33-35-43)41-18-6-3-7-19-41)39-50(51)59-49(26-17-31-56(59)62)60-63-57(44-20-8-4-9-21-44)40-58(64-60)45-22-10-5-11-23-45/h3-40,52,54H,1-2H3. The number of rotatable bonds is 6. The Morgan fingerprint density at radius 2 is 0.812 bits per heavy atom. The molecule has 0 N–H and O–H groups in total. The van der Waals surface area contributed by atoms with E-state index in [4.69, 9.17) is 9.97 Å². The minimum Gasteiger partial charge on any atom is -0.228 e. The summed E-state index contributed by atoms with van der Waals surface area (Å²) in [5, 5.41) is 0. The molecule has 0 bridgehead atoms. The first-order valence-corrected chi connectivity index (χ1v) is 22.5. The monoisotopic (exact) mass is 818 g/mol. The first kappa shape index (κ1) is 38.0. The summed E-state index contributed by atoms with van der Waals surface area (Å²) in [6.45, 7) is 4.87. The van der Waals surface area contributed by atoms with Crippen LogP contribution in [0.1, 0.15) is 36.1 Å². The highest BCUT2D eigenvalue weighted by Gasteiger charge is 2.59. The maximum absolute atomic E-state index is 5.45.